The SMILES string of the molecule is Fc1cccc(Nc2cccc3cnccc23)n1. The number of aromatic nitrogens is 2. The van der Waals surface area contributed by atoms with Crippen LogP contribution < -0.4 is 5.32 Å². The summed E-state index contributed by atoms with van der Waals surface area (Å²) in [6, 6.07) is 12.4. The van der Waals surface area contributed by atoms with Crippen molar-refractivity contribution in [3.63, 3.8) is 0 Å². The van der Waals surface area contributed by atoms with E-state index in [0.717, 1.165) is 16.5 Å². The Morgan fingerprint density at radius 2 is 1.89 bits per heavy atom. The Labute approximate surface area is 103 Å². The second-order valence-corrected chi connectivity index (χ2v) is 3.87. The van der Waals surface area contributed by atoms with Gasteiger partial charge in [-0.15, -0.1) is 0 Å². The molecule has 0 radical (unpaired) electrons. The summed E-state index contributed by atoms with van der Waals surface area (Å²) in [6.07, 6.45) is 3.52. The van der Waals surface area contributed by atoms with Crippen LogP contribution in [-0.4, -0.2) is 9.97 Å². The highest BCUT2D eigenvalue weighted by molar-refractivity contribution is 5.94. The van der Waals surface area contributed by atoms with Crippen molar-refractivity contribution in [2.24, 2.45) is 0 Å². The van der Waals surface area contributed by atoms with E-state index in [-0.39, 0.29) is 0 Å². The summed E-state index contributed by atoms with van der Waals surface area (Å²) >= 11 is 0. The van der Waals surface area contributed by atoms with E-state index in [0.29, 0.717) is 5.82 Å². The zero-order valence-electron chi connectivity index (χ0n) is 9.47. The van der Waals surface area contributed by atoms with E-state index >= 15 is 0 Å². The van der Waals surface area contributed by atoms with Gasteiger partial charge in [-0.3, -0.25) is 4.98 Å². The molecule has 0 atom stereocenters. The summed E-state index contributed by atoms with van der Waals surface area (Å²) in [5.74, 6) is -0.0128. The summed E-state index contributed by atoms with van der Waals surface area (Å²) in [6.45, 7) is 0. The van der Waals surface area contributed by atoms with E-state index in [4.69, 9.17) is 0 Å². The van der Waals surface area contributed by atoms with Crippen LogP contribution in [0.5, 0.6) is 0 Å². The first-order chi connectivity index (χ1) is 8.83. The molecule has 0 aliphatic rings. The van der Waals surface area contributed by atoms with Gasteiger partial charge < -0.3 is 5.32 Å². The van der Waals surface area contributed by atoms with Crippen molar-refractivity contribution in [2.45, 2.75) is 0 Å². The Morgan fingerprint density at radius 3 is 2.78 bits per heavy atom. The van der Waals surface area contributed by atoms with Crippen molar-refractivity contribution >= 4 is 22.3 Å². The molecule has 4 heteroatoms. The molecule has 3 aromatic rings. The van der Waals surface area contributed by atoms with E-state index in [1.807, 2.05) is 24.3 Å². The van der Waals surface area contributed by atoms with E-state index in [2.05, 4.69) is 15.3 Å². The zero-order valence-corrected chi connectivity index (χ0v) is 9.47. The molecule has 1 N–H and O–H groups in total. The molecule has 2 heterocycles. The van der Waals surface area contributed by atoms with Crippen LogP contribution >= 0.6 is 0 Å². The van der Waals surface area contributed by atoms with Crippen molar-refractivity contribution in [1.82, 2.24) is 9.97 Å². The third-order valence-corrected chi connectivity index (χ3v) is 2.66. The lowest BCUT2D eigenvalue weighted by molar-refractivity contribution is 0.585. The molecule has 3 rings (SSSR count). The largest absolute Gasteiger partial charge is 0.340 e. The van der Waals surface area contributed by atoms with Gasteiger partial charge in [-0.05, 0) is 24.3 Å². The Kier molecular flexibility index (Phi) is 2.61. The minimum absolute atomic E-state index is 0.485. The van der Waals surface area contributed by atoms with E-state index in [9.17, 15) is 4.39 Å². The minimum Gasteiger partial charge on any atom is -0.340 e. The Morgan fingerprint density at radius 1 is 1.00 bits per heavy atom. The molecule has 0 spiro atoms. The lowest BCUT2D eigenvalue weighted by Gasteiger charge is -2.08. The van der Waals surface area contributed by atoms with Crippen LogP contribution in [-0.2, 0) is 0 Å². The molecule has 1 aromatic carbocycles. The second-order valence-electron chi connectivity index (χ2n) is 3.87. The van der Waals surface area contributed by atoms with Gasteiger partial charge in [-0.25, -0.2) is 4.98 Å². The number of hydrogen-bond donors (Lipinski definition) is 1. The Hall–Kier alpha value is -2.49. The third kappa shape index (κ3) is 2.00. The Bertz CT molecular complexity index is 692. The van der Waals surface area contributed by atoms with Crippen LogP contribution in [0, 0.1) is 5.95 Å². The normalized spacial score (nSPS) is 10.5. The molecule has 0 saturated carbocycles. The van der Waals surface area contributed by atoms with Gasteiger partial charge in [0.15, 0.2) is 0 Å². The first-order valence-corrected chi connectivity index (χ1v) is 5.55. The number of nitrogens with one attached hydrogen (secondary N) is 1. The van der Waals surface area contributed by atoms with Crippen molar-refractivity contribution < 1.29 is 4.39 Å². The van der Waals surface area contributed by atoms with Crippen molar-refractivity contribution in [2.75, 3.05) is 5.32 Å². The number of pyridine rings is 2. The van der Waals surface area contributed by atoms with E-state index in [1.165, 1.54) is 6.07 Å². The average molecular weight is 239 g/mol. The second kappa shape index (κ2) is 4.41. The fourth-order valence-electron chi connectivity index (χ4n) is 1.85. The summed E-state index contributed by atoms with van der Waals surface area (Å²) in [4.78, 5) is 7.85. The molecular formula is C14H10FN3. The predicted octanol–water partition coefficient (Wildman–Crippen LogP) is 3.51. The molecule has 0 amide bonds. The average Bonchev–Trinajstić information content (AvgIpc) is 2.39. The maximum atomic E-state index is 13.0. The van der Waals surface area contributed by atoms with Gasteiger partial charge in [-0.2, -0.15) is 4.39 Å². The molecular weight excluding hydrogens is 229 g/mol. The maximum absolute atomic E-state index is 13.0. The van der Waals surface area contributed by atoms with Crippen LogP contribution in [0.25, 0.3) is 10.8 Å². The van der Waals surface area contributed by atoms with Crippen molar-refractivity contribution in [3.05, 3.63) is 60.8 Å². The highest BCUT2D eigenvalue weighted by atomic mass is 19.1. The molecule has 88 valence electrons. The molecule has 0 unspecified atom stereocenters. The first kappa shape index (κ1) is 10.7. The van der Waals surface area contributed by atoms with Gasteiger partial charge in [0.05, 0.1) is 0 Å². The topological polar surface area (TPSA) is 37.8 Å². The van der Waals surface area contributed by atoms with Crippen LogP contribution in [0.2, 0.25) is 0 Å². The first-order valence-electron chi connectivity index (χ1n) is 5.55. The van der Waals surface area contributed by atoms with Crippen LogP contribution in [0.4, 0.5) is 15.9 Å². The number of benzene rings is 1. The van der Waals surface area contributed by atoms with E-state index in [1.54, 1.807) is 24.5 Å². The summed E-state index contributed by atoms with van der Waals surface area (Å²) in [7, 11) is 0. The minimum atomic E-state index is -0.498. The number of anilines is 2. The predicted molar refractivity (Wildman–Crippen MR) is 69.2 cm³/mol. The summed E-state index contributed by atoms with van der Waals surface area (Å²) in [5.41, 5.74) is 0.882. The third-order valence-electron chi connectivity index (χ3n) is 2.66. The van der Waals surface area contributed by atoms with Gasteiger partial charge >= 0.3 is 0 Å². The molecule has 3 nitrogen and oxygen atoms in total. The van der Waals surface area contributed by atoms with Gasteiger partial charge in [0.1, 0.15) is 5.82 Å². The molecule has 2 aromatic heterocycles. The van der Waals surface area contributed by atoms with Gasteiger partial charge in [0.25, 0.3) is 0 Å². The van der Waals surface area contributed by atoms with Crippen molar-refractivity contribution in [3.8, 4) is 0 Å². The highest BCUT2D eigenvalue weighted by Crippen LogP contribution is 2.24. The monoisotopic (exact) mass is 239 g/mol. The summed E-state index contributed by atoms with van der Waals surface area (Å²) in [5, 5.41) is 5.16. The molecule has 18 heavy (non-hydrogen) atoms. The molecule has 0 saturated heterocycles. The fourth-order valence-corrected chi connectivity index (χ4v) is 1.85. The number of nitrogens with zero attached hydrogens (tertiary/aromatic N) is 2. The smallest absolute Gasteiger partial charge is 0.214 e. The van der Waals surface area contributed by atoms with Crippen LogP contribution in [0.1, 0.15) is 0 Å². The quantitative estimate of drug-likeness (QED) is 0.695. The van der Waals surface area contributed by atoms with E-state index < -0.39 is 5.95 Å². The van der Waals surface area contributed by atoms with Crippen molar-refractivity contribution in [1.29, 1.82) is 0 Å². The zero-order chi connectivity index (χ0) is 12.4. The number of halogens is 1. The fraction of sp³-hybridized carbons (Fsp3) is 0. The number of fused-ring (bicyclic) bond motifs is 1. The van der Waals surface area contributed by atoms with Gasteiger partial charge in [0, 0.05) is 28.9 Å². The van der Waals surface area contributed by atoms with Gasteiger partial charge in [-0.1, -0.05) is 18.2 Å². The maximum Gasteiger partial charge on any atom is 0.214 e. The lowest BCUT2D eigenvalue weighted by atomic mass is 10.1. The standard InChI is InChI=1S/C14H10FN3/c15-13-5-2-6-14(18-13)17-12-4-1-3-10-9-16-8-7-11(10)12/h1-9H,(H,17,18). The van der Waals surface area contributed by atoms with Gasteiger partial charge in [0.2, 0.25) is 5.95 Å². The molecule has 0 bridgehead atoms. The lowest BCUT2D eigenvalue weighted by Crippen LogP contribution is -1.95. The molecule has 0 fully saturated rings. The van der Waals surface area contributed by atoms with Crippen LogP contribution in [0.15, 0.2) is 54.9 Å². The molecule has 0 aliphatic carbocycles. The summed E-state index contributed by atoms with van der Waals surface area (Å²) < 4.78 is 13.0. The van der Waals surface area contributed by atoms with Crippen LogP contribution in [0.3, 0.4) is 0 Å². The number of rotatable bonds is 2. The Balaban J connectivity index is 2.05. The molecule has 0 aliphatic heterocycles. The number of hydrogen-bond acceptors (Lipinski definition) is 3. The highest BCUT2D eigenvalue weighted by Gasteiger charge is 2.02.